The van der Waals surface area contributed by atoms with E-state index in [-0.39, 0.29) is 6.10 Å². The van der Waals surface area contributed by atoms with Gasteiger partial charge in [0.05, 0.1) is 6.54 Å². The number of aryl methyl sites for hydroxylation is 1. The van der Waals surface area contributed by atoms with Gasteiger partial charge in [-0.2, -0.15) is 0 Å². The zero-order valence-electron chi connectivity index (χ0n) is 14.2. The fourth-order valence-corrected chi connectivity index (χ4v) is 2.10. The summed E-state index contributed by atoms with van der Waals surface area (Å²) in [4.78, 5) is 4.51. The average Bonchev–Trinajstić information content (AvgIpc) is 2.97. The molecule has 0 fully saturated rings. The Morgan fingerprint density at radius 3 is 2.71 bits per heavy atom. The first-order valence-electron chi connectivity index (χ1n) is 7.85. The number of rotatable bonds is 7. The molecule has 1 atom stereocenters. The maximum absolute atomic E-state index is 5.87. The fraction of sp³-hybridized carbons (Fsp3) is 0.438. The molecule has 0 aliphatic rings. The number of aromatic nitrogens is 3. The predicted molar refractivity (Wildman–Crippen MR) is 95.4 cm³/mol. The van der Waals surface area contributed by atoms with Crippen molar-refractivity contribution in [3.8, 4) is 5.75 Å². The van der Waals surface area contributed by atoms with Crippen LogP contribution in [0.2, 0.25) is 5.02 Å². The molecule has 1 unspecified atom stereocenters. The number of nitrogens with zero attached hydrogens (tertiary/aromatic N) is 4. The molecule has 0 aliphatic carbocycles. The van der Waals surface area contributed by atoms with Crippen molar-refractivity contribution in [2.45, 2.75) is 26.5 Å². The first kappa shape index (κ1) is 18.1. The smallest absolute Gasteiger partial charge is 0.191 e. The minimum absolute atomic E-state index is 0.0233. The number of benzene rings is 1. The Bertz CT molecular complexity index is 655. The van der Waals surface area contributed by atoms with Gasteiger partial charge in [0.1, 0.15) is 24.7 Å². The Morgan fingerprint density at radius 1 is 1.33 bits per heavy atom. The third-order valence-corrected chi connectivity index (χ3v) is 3.49. The van der Waals surface area contributed by atoms with Gasteiger partial charge in [0.2, 0.25) is 0 Å². The summed E-state index contributed by atoms with van der Waals surface area (Å²) in [5.74, 6) is 2.31. The number of ether oxygens (including phenoxy) is 1. The van der Waals surface area contributed by atoms with Crippen LogP contribution in [0.5, 0.6) is 5.75 Å². The highest BCUT2D eigenvalue weighted by Gasteiger charge is 2.06. The summed E-state index contributed by atoms with van der Waals surface area (Å²) in [6.45, 7) is 5.86. The molecule has 0 saturated carbocycles. The number of hydrogen-bond donors (Lipinski definition) is 2. The van der Waals surface area contributed by atoms with Gasteiger partial charge in [0, 0.05) is 18.6 Å². The summed E-state index contributed by atoms with van der Waals surface area (Å²) in [5, 5.41) is 15.0. The summed E-state index contributed by atoms with van der Waals surface area (Å²) >= 11 is 5.87. The molecule has 2 rings (SSSR count). The van der Waals surface area contributed by atoms with Crippen LogP contribution in [0.4, 0.5) is 0 Å². The summed E-state index contributed by atoms with van der Waals surface area (Å²) in [6, 6.07) is 7.32. The Morgan fingerprint density at radius 2 is 2.08 bits per heavy atom. The van der Waals surface area contributed by atoms with Crippen molar-refractivity contribution >= 4 is 17.6 Å². The predicted octanol–water partition coefficient (Wildman–Crippen LogP) is 1.99. The molecule has 0 spiro atoms. The molecule has 24 heavy (non-hydrogen) atoms. The summed E-state index contributed by atoms with van der Waals surface area (Å²) in [7, 11) is 1.90. The molecule has 0 aliphatic heterocycles. The van der Waals surface area contributed by atoms with Crippen molar-refractivity contribution in [1.29, 1.82) is 0 Å². The van der Waals surface area contributed by atoms with E-state index in [0.29, 0.717) is 24.1 Å². The van der Waals surface area contributed by atoms with Crippen LogP contribution in [0, 0.1) is 0 Å². The Labute approximate surface area is 147 Å². The minimum Gasteiger partial charge on any atom is -0.489 e. The van der Waals surface area contributed by atoms with E-state index in [9.17, 15) is 0 Å². The van der Waals surface area contributed by atoms with Crippen LogP contribution in [0.3, 0.4) is 0 Å². The lowest BCUT2D eigenvalue weighted by Gasteiger charge is -2.17. The zero-order chi connectivity index (χ0) is 17.4. The van der Waals surface area contributed by atoms with Crippen molar-refractivity contribution in [3.63, 3.8) is 0 Å². The van der Waals surface area contributed by atoms with E-state index in [1.54, 1.807) is 6.33 Å². The molecule has 1 aromatic carbocycles. The maximum atomic E-state index is 5.87. The monoisotopic (exact) mass is 350 g/mol. The second-order valence-electron chi connectivity index (χ2n) is 5.32. The molecular formula is C16H23ClN6O. The van der Waals surface area contributed by atoms with Gasteiger partial charge in [-0.25, -0.2) is 4.99 Å². The van der Waals surface area contributed by atoms with Crippen LogP contribution in [0.25, 0.3) is 0 Å². The Kier molecular flexibility index (Phi) is 6.87. The summed E-state index contributed by atoms with van der Waals surface area (Å²) in [6.07, 6.45) is 1.64. The van der Waals surface area contributed by atoms with Crippen LogP contribution in [-0.4, -0.2) is 39.9 Å². The molecule has 1 heterocycles. The first-order valence-corrected chi connectivity index (χ1v) is 8.23. The lowest BCUT2D eigenvalue weighted by Crippen LogP contribution is -2.41. The molecule has 2 N–H and O–H groups in total. The van der Waals surface area contributed by atoms with Crippen molar-refractivity contribution in [3.05, 3.63) is 41.4 Å². The van der Waals surface area contributed by atoms with Gasteiger partial charge in [-0.3, -0.25) is 0 Å². The van der Waals surface area contributed by atoms with Gasteiger partial charge in [-0.05, 0) is 38.1 Å². The highest BCUT2D eigenvalue weighted by atomic mass is 35.5. The Balaban J connectivity index is 1.85. The standard InChI is InChI=1S/C16H23ClN6O/c1-4-18-16(20-10-15-22-21-11-23(15)3)19-9-12(2)24-14-7-5-13(17)6-8-14/h5-8,11-12H,4,9-10H2,1-3H3,(H2,18,19,20). The van der Waals surface area contributed by atoms with E-state index in [1.165, 1.54) is 0 Å². The fourth-order valence-electron chi connectivity index (χ4n) is 1.97. The summed E-state index contributed by atoms with van der Waals surface area (Å²) < 4.78 is 7.68. The third kappa shape index (κ3) is 5.73. The number of nitrogens with one attached hydrogen (secondary N) is 2. The molecule has 0 saturated heterocycles. The van der Waals surface area contributed by atoms with Gasteiger partial charge in [0.15, 0.2) is 11.8 Å². The SMILES string of the molecule is CCNC(=NCc1nncn1C)NCC(C)Oc1ccc(Cl)cc1. The van der Waals surface area contributed by atoms with Crippen LogP contribution in [0.1, 0.15) is 19.7 Å². The quantitative estimate of drug-likeness (QED) is 0.590. The van der Waals surface area contributed by atoms with E-state index in [2.05, 4.69) is 25.8 Å². The van der Waals surface area contributed by atoms with Gasteiger partial charge in [-0.1, -0.05) is 11.6 Å². The van der Waals surface area contributed by atoms with E-state index in [0.717, 1.165) is 18.1 Å². The van der Waals surface area contributed by atoms with Gasteiger partial charge < -0.3 is 19.9 Å². The lowest BCUT2D eigenvalue weighted by molar-refractivity contribution is 0.224. The van der Waals surface area contributed by atoms with Gasteiger partial charge in [-0.15, -0.1) is 10.2 Å². The summed E-state index contributed by atoms with van der Waals surface area (Å²) in [5.41, 5.74) is 0. The van der Waals surface area contributed by atoms with Crippen LogP contribution in [0.15, 0.2) is 35.6 Å². The molecule has 8 heteroatoms. The number of halogens is 1. The van der Waals surface area contributed by atoms with Crippen molar-refractivity contribution in [2.75, 3.05) is 13.1 Å². The van der Waals surface area contributed by atoms with E-state index < -0.39 is 0 Å². The highest BCUT2D eigenvalue weighted by Crippen LogP contribution is 2.16. The van der Waals surface area contributed by atoms with Gasteiger partial charge in [0.25, 0.3) is 0 Å². The Hall–Kier alpha value is -2.28. The van der Waals surface area contributed by atoms with Crippen molar-refractivity contribution in [1.82, 2.24) is 25.4 Å². The molecule has 0 bridgehead atoms. The molecule has 2 aromatic rings. The van der Waals surface area contributed by atoms with Crippen molar-refractivity contribution in [2.24, 2.45) is 12.0 Å². The van der Waals surface area contributed by atoms with Gasteiger partial charge >= 0.3 is 0 Å². The molecule has 1 aromatic heterocycles. The van der Waals surface area contributed by atoms with Crippen LogP contribution >= 0.6 is 11.6 Å². The zero-order valence-corrected chi connectivity index (χ0v) is 14.9. The van der Waals surface area contributed by atoms with Crippen molar-refractivity contribution < 1.29 is 4.74 Å². The average molecular weight is 351 g/mol. The highest BCUT2D eigenvalue weighted by molar-refractivity contribution is 6.30. The molecular weight excluding hydrogens is 328 g/mol. The van der Waals surface area contributed by atoms with Crippen LogP contribution in [-0.2, 0) is 13.6 Å². The molecule has 0 radical (unpaired) electrons. The third-order valence-electron chi connectivity index (χ3n) is 3.24. The topological polar surface area (TPSA) is 76.4 Å². The van der Waals surface area contributed by atoms with E-state index in [4.69, 9.17) is 16.3 Å². The molecule has 0 amide bonds. The normalized spacial score (nSPS) is 12.8. The molecule has 130 valence electrons. The van der Waals surface area contributed by atoms with E-state index in [1.807, 2.05) is 49.7 Å². The number of hydrogen-bond acceptors (Lipinski definition) is 4. The lowest BCUT2D eigenvalue weighted by atomic mass is 10.3. The largest absolute Gasteiger partial charge is 0.489 e. The maximum Gasteiger partial charge on any atom is 0.191 e. The number of guanidine groups is 1. The van der Waals surface area contributed by atoms with Crippen LogP contribution < -0.4 is 15.4 Å². The van der Waals surface area contributed by atoms with E-state index >= 15 is 0 Å². The second-order valence-corrected chi connectivity index (χ2v) is 5.75. The molecule has 7 nitrogen and oxygen atoms in total. The minimum atomic E-state index is -0.0233. The second kappa shape index (κ2) is 9.12. The number of aliphatic imine (C=N–C) groups is 1. The first-order chi connectivity index (χ1) is 11.6.